The minimum atomic E-state index is -2.97. The Balaban J connectivity index is 2.17. The highest BCUT2D eigenvalue weighted by atomic mass is 19.3. The summed E-state index contributed by atoms with van der Waals surface area (Å²) in [6.07, 6.45) is 2.92. The van der Waals surface area contributed by atoms with Crippen molar-refractivity contribution in [1.82, 2.24) is 0 Å². The number of ketones is 1. The number of halogens is 2. The zero-order valence-electron chi connectivity index (χ0n) is 12.2. The number of ether oxygens (including phenoxy) is 2. The quantitative estimate of drug-likeness (QED) is 0.648. The first-order valence-electron chi connectivity index (χ1n) is 6.64. The van der Waals surface area contributed by atoms with Gasteiger partial charge in [-0.2, -0.15) is 8.78 Å². The van der Waals surface area contributed by atoms with E-state index in [1.165, 1.54) is 43.5 Å². The van der Waals surface area contributed by atoms with Crippen molar-refractivity contribution in [3.63, 3.8) is 0 Å². The van der Waals surface area contributed by atoms with E-state index < -0.39 is 6.61 Å². The second kappa shape index (κ2) is 7.40. The number of hydrogen-bond acceptors (Lipinski definition) is 4. The largest absolute Gasteiger partial charge is 0.508 e. The number of aromatic hydroxyl groups is 1. The molecule has 0 saturated carbocycles. The van der Waals surface area contributed by atoms with Crippen LogP contribution in [-0.4, -0.2) is 24.6 Å². The second-order valence-corrected chi connectivity index (χ2v) is 4.53. The van der Waals surface area contributed by atoms with Gasteiger partial charge in [0.25, 0.3) is 0 Å². The molecule has 1 N–H and O–H groups in total. The predicted molar refractivity (Wildman–Crippen MR) is 81.1 cm³/mol. The minimum Gasteiger partial charge on any atom is -0.508 e. The summed E-state index contributed by atoms with van der Waals surface area (Å²) in [6.45, 7) is -2.97. The van der Waals surface area contributed by atoms with Crippen molar-refractivity contribution in [2.24, 2.45) is 0 Å². The number of carbonyl (C=O) groups is 1. The Morgan fingerprint density at radius 3 is 2.43 bits per heavy atom. The van der Waals surface area contributed by atoms with E-state index in [0.717, 1.165) is 5.56 Å². The molecule has 0 radical (unpaired) electrons. The van der Waals surface area contributed by atoms with Gasteiger partial charge in [0.15, 0.2) is 17.3 Å². The van der Waals surface area contributed by atoms with Crippen LogP contribution in [0, 0.1) is 0 Å². The van der Waals surface area contributed by atoms with E-state index in [2.05, 4.69) is 4.74 Å². The van der Waals surface area contributed by atoms with E-state index >= 15 is 0 Å². The number of hydrogen-bond donors (Lipinski definition) is 1. The first-order chi connectivity index (χ1) is 11.0. The van der Waals surface area contributed by atoms with E-state index in [1.54, 1.807) is 18.2 Å². The van der Waals surface area contributed by atoms with Gasteiger partial charge in [0.2, 0.25) is 0 Å². The lowest BCUT2D eigenvalue weighted by molar-refractivity contribution is -0.0512. The van der Waals surface area contributed by atoms with Crippen LogP contribution in [0.1, 0.15) is 15.9 Å². The van der Waals surface area contributed by atoms with Crippen LogP contribution < -0.4 is 9.47 Å². The number of allylic oxidation sites excluding steroid dienone is 1. The number of rotatable bonds is 6. The molecule has 0 aliphatic rings. The maximum absolute atomic E-state index is 12.3. The SMILES string of the molecule is COc1cc(C(=O)/C=C/c2ccc(O)cc2)ccc1OC(F)F. The lowest BCUT2D eigenvalue weighted by Gasteiger charge is -2.10. The summed E-state index contributed by atoms with van der Waals surface area (Å²) >= 11 is 0. The van der Waals surface area contributed by atoms with Gasteiger partial charge in [0.05, 0.1) is 7.11 Å². The molecule has 0 aliphatic carbocycles. The average Bonchev–Trinajstić information content (AvgIpc) is 2.54. The fourth-order valence-corrected chi connectivity index (χ4v) is 1.87. The van der Waals surface area contributed by atoms with Crippen LogP contribution in [0.5, 0.6) is 17.2 Å². The standard InChI is InChI=1S/C17H14F2O4/c1-22-16-10-12(5-9-15(16)23-17(18)19)14(21)8-4-11-2-6-13(20)7-3-11/h2-10,17,20H,1H3/b8-4+. The third kappa shape index (κ3) is 4.54. The second-order valence-electron chi connectivity index (χ2n) is 4.53. The summed E-state index contributed by atoms with van der Waals surface area (Å²) in [5.74, 6) is -0.274. The summed E-state index contributed by atoms with van der Waals surface area (Å²) < 4.78 is 33.8. The number of benzene rings is 2. The van der Waals surface area contributed by atoms with Crippen LogP contribution in [0.3, 0.4) is 0 Å². The molecule has 23 heavy (non-hydrogen) atoms. The molecule has 2 rings (SSSR count). The highest BCUT2D eigenvalue weighted by Gasteiger charge is 2.13. The first kappa shape index (κ1) is 16.5. The fourth-order valence-electron chi connectivity index (χ4n) is 1.87. The monoisotopic (exact) mass is 320 g/mol. The van der Waals surface area contributed by atoms with Gasteiger partial charge in [-0.15, -0.1) is 0 Å². The number of phenols is 1. The van der Waals surface area contributed by atoms with Gasteiger partial charge < -0.3 is 14.6 Å². The van der Waals surface area contributed by atoms with Crippen molar-refractivity contribution < 1.29 is 28.2 Å². The molecule has 6 heteroatoms. The summed E-state index contributed by atoms with van der Waals surface area (Å²) in [5.41, 5.74) is 1.01. The molecule has 0 heterocycles. The van der Waals surface area contributed by atoms with Gasteiger partial charge in [0.1, 0.15) is 5.75 Å². The Morgan fingerprint density at radius 2 is 1.83 bits per heavy atom. The molecule has 0 spiro atoms. The third-order valence-electron chi connectivity index (χ3n) is 2.98. The van der Waals surface area contributed by atoms with Crippen molar-refractivity contribution >= 4 is 11.9 Å². The van der Waals surface area contributed by atoms with Crippen LogP contribution in [-0.2, 0) is 0 Å². The Bertz CT molecular complexity index is 709. The predicted octanol–water partition coefficient (Wildman–Crippen LogP) is 3.90. The van der Waals surface area contributed by atoms with Crippen molar-refractivity contribution in [2.45, 2.75) is 6.61 Å². The van der Waals surface area contributed by atoms with Gasteiger partial charge >= 0.3 is 6.61 Å². The Labute approximate surface area is 131 Å². The molecule has 0 atom stereocenters. The lowest BCUT2D eigenvalue weighted by Crippen LogP contribution is -2.04. The fraction of sp³-hybridized carbons (Fsp3) is 0.118. The smallest absolute Gasteiger partial charge is 0.387 e. The van der Waals surface area contributed by atoms with E-state index in [4.69, 9.17) is 4.74 Å². The van der Waals surface area contributed by atoms with Gasteiger partial charge in [-0.05, 0) is 42.0 Å². The number of methoxy groups -OCH3 is 1. The number of carbonyl (C=O) groups excluding carboxylic acids is 1. The molecule has 2 aromatic carbocycles. The maximum atomic E-state index is 12.3. The first-order valence-corrected chi connectivity index (χ1v) is 6.64. The Kier molecular flexibility index (Phi) is 5.30. The zero-order valence-corrected chi connectivity index (χ0v) is 12.2. The number of alkyl halides is 2. The van der Waals surface area contributed by atoms with Crippen molar-refractivity contribution in [3.8, 4) is 17.2 Å². The molecule has 120 valence electrons. The van der Waals surface area contributed by atoms with E-state index in [1.807, 2.05) is 0 Å². The normalized spacial score (nSPS) is 11.0. The molecule has 0 aliphatic heterocycles. The summed E-state index contributed by atoms with van der Waals surface area (Å²) in [7, 11) is 1.30. The molecule has 0 saturated heterocycles. The van der Waals surface area contributed by atoms with E-state index in [9.17, 15) is 18.7 Å². The summed E-state index contributed by atoms with van der Waals surface area (Å²) in [4.78, 5) is 12.1. The molecule has 4 nitrogen and oxygen atoms in total. The van der Waals surface area contributed by atoms with Crippen molar-refractivity contribution in [2.75, 3.05) is 7.11 Å². The zero-order chi connectivity index (χ0) is 16.8. The molecule has 0 amide bonds. The Morgan fingerprint density at radius 1 is 1.13 bits per heavy atom. The lowest BCUT2D eigenvalue weighted by atomic mass is 10.1. The number of phenolic OH excluding ortho intramolecular Hbond substituents is 1. The third-order valence-corrected chi connectivity index (χ3v) is 2.98. The molecule has 0 aromatic heterocycles. The van der Waals surface area contributed by atoms with Crippen LogP contribution in [0.2, 0.25) is 0 Å². The molecular weight excluding hydrogens is 306 g/mol. The molecular formula is C17H14F2O4. The molecule has 2 aromatic rings. The summed E-state index contributed by atoms with van der Waals surface area (Å²) in [6, 6.07) is 10.3. The maximum Gasteiger partial charge on any atom is 0.387 e. The summed E-state index contributed by atoms with van der Waals surface area (Å²) in [5, 5.41) is 9.19. The topological polar surface area (TPSA) is 55.8 Å². The van der Waals surface area contributed by atoms with Gasteiger partial charge in [-0.1, -0.05) is 18.2 Å². The van der Waals surface area contributed by atoms with Crippen LogP contribution in [0.4, 0.5) is 8.78 Å². The van der Waals surface area contributed by atoms with Crippen LogP contribution in [0.25, 0.3) is 6.08 Å². The average molecular weight is 320 g/mol. The van der Waals surface area contributed by atoms with Crippen molar-refractivity contribution in [1.29, 1.82) is 0 Å². The van der Waals surface area contributed by atoms with E-state index in [0.29, 0.717) is 0 Å². The highest BCUT2D eigenvalue weighted by Crippen LogP contribution is 2.29. The minimum absolute atomic E-state index is 0.0502. The molecule has 0 bridgehead atoms. The molecule has 0 unspecified atom stereocenters. The van der Waals surface area contributed by atoms with Crippen LogP contribution >= 0.6 is 0 Å². The Hall–Kier alpha value is -2.89. The van der Waals surface area contributed by atoms with Gasteiger partial charge in [0, 0.05) is 5.56 Å². The van der Waals surface area contributed by atoms with E-state index in [-0.39, 0.29) is 28.6 Å². The van der Waals surface area contributed by atoms with Gasteiger partial charge in [-0.3, -0.25) is 4.79 Å². The molecule has 0 fully saturated rings. The highest BCUT2D eigenvalue weighted by molar-refractivity contribution is 6.07. The van der Waals surface area contributed by atoms with Crippen molar-refractivity contribution in [3.05, 3.63) is 59.7 Å². The van der Waals surface area contributed by atoms with Crippen LogP contribution in [0.15, 0.2) is 48.5 Å². The van der Waals surface area contributed by atoms with Gasteiger partial charge in [-0.25, -0.2) is 0 Å².